The van der Waals surface area contributed by atoms with Gasteiger partial charge in [0.05, 0.1) is 6.67 Å². The van der Waals surface area contributed by atoms with Crippen LogP contribution in [0.4, 0.5) is 11.4 Å². The molecular weight excluding hydrogens is 232 g/mol. The minimum absolute atomic E-state index is 0.675. The Kier molecular flexibility index (Phi) is 3.41. The van der Waals surface area contributed by atoms with E-state index in [-0.39, 0.29) is 0 Å². The fraction of sp³-hybridized carbons (Fsp3) is 0.294. The van der Waals surface area contributed by atoms with Gasteiger partial charge in [-0.25, -0.2) is 0 Å². The Morgan fingerprint density at radius 2 is 1.16 bits per heavy atom. The molecule has 2 heteroatoms. The molecule has 2 nitrogen and oxygen atoms in total. The van der Waals surface area contributed by atoms with Gasteiger partial charge < -0.3 is 9.80 Å². The van der Waals surface area contributed by atoms with Crippen LogP contribution >= 0.6 is 0 Å². The zero-order valence-electron chi connectivity index (χ0n) is 11.4. The Labute approximate surface area is 115 Å². The molecule has 0 aromatic heterocycles. The molecule has 2 aromatic rings. The summed E-state index contributed by atoms with van der Waals surface area (Å²) >= 11 is 0. The van der Waals surface area contributed by atoms with Crippen molar-refractivity contribution < 1.29 is 0 Å². The second kappa shape index (κ2) is 5.35. The molecule has 1 aliphatic heterocycles. The van der Waals surface area contributed by atoms with Crippen molar-refractivity contribution >= 4 is 11.4 Å². The molecule has 0 amide bonds. The van der Waals surface area contributed by atoms with Crippen molar-refractivity contribution in [3.63, 3.8) is 0 Å². The zero-order chi connectivity index (χ0) is 13.1. The minimum Gasteiger partial charge on any atom is -0.353 e. The molecule has 1 heterocycles. The van der Waals surface area contributed by atoms with Gasteiger partial charge in [0.15, 0.2) is 0 Å². The Hall–Kier alpha value is -1.96. The lowest BCUT2D eigenvalue weighted by molar-refractivity contribution is 0.487. The van der Waals surface area contributed by atoms with Crippen LogP contribution in [0.1, 0.15) is 6.92 Å². The Morgan fingerprint density at radius 3 is 1.58 bits per heavy atom. The van der Waals surface area contributed by atoms with E-state index < -0.39 is 0 Å². The number of benzene rings is 2. The SMILES string of the molecule is CC1CN(c2ccccc2)CN(c2ccccc2)C1. The topological polar surface area (TPSA) is 6.48 Å². The van der Waals surface area contributed by atoms with E-state index in [0.29, 0.717) is 5.92 Å². The summed E-state index contributed by atoms with van der Waals surface area (Å²) in [6.45, 7) is 5.56. The summed E-state index contributed by atoms with van der Waals surface area (Å²) in [5, 5.41) is 0. The lowest BCUT2D eigenvalue weighted by Crippen LogP contribution is -2.49. The highest BCUT2D eigenvalue weighted by molar-refractivity contribution is 5.52. The second-order valence-electron chi connectivity index (χ2n) is 5.36. The molecule has 1 fully saturated rings. The Morgan fingerprint density at radius 1 is 0.737 bits per heavy atom. The van der Waals surface area contributed by atoms with E-state index >= 15 is 0 Å². The van der Waals surface area contributed by atoms with Crippen LogP contribution in [0.2, 0.25) is 0 Å². The first-order valence-electron chi connectivity index (χ1n) is 6.93. The lowest BCUT2D eigenvalue weighted by Gasteiger charge is -2.41. The smallest absolute Gasteiger partial charge is 0.0903 e. The third-order valence-corrected chi connectivity index (χ3v) is 3.65. The third kappa shape index (κ3) is 2.73. The fourth-order valence-electron chi connectivity index (χ4n) is 2.78. The molecule has 3 rings (SSSR count). The third-order valence-electron chi connectivity index (χ3n) is 3.65. The standard InChI is InChI=1S/C17H20N2/c1-15-12-18(16-8-4-2-5-9-16)14-19(13-15)17-10-6-3-7-11-17/h2-11,15H,12-14H2,1H3. The van der Waals surface area contributed by atoms with Gasteiger partial charge in [-0.1, -0.05) is 43.3 Å². The van der Waals surface area contributed by atoms with Crippen molar-refractivity contribution in [2.45, 2.75) is 6.92 Å². The molecule has 2 aromatic carbocycles. The maximum Gasteiger partial charge on any atom is 0.0903 e. The zero-order valence-corrected chi connectivity index (χ0v) is 11.4. The van der Waals surface area contributed by atoms with Gasteiger partial charge in [0.2, 0.25) is 0 Å². The van der Waals surface area contributed by atoms with Gasteiger partial charge in [-0.15, -0.1) is 0 Å². The van der Waals surface area contributed by atoms with Gasteiger partial charge in [0.1, 0.15) is 0 Å². The van der Waals surface area contributed by atoms with E-state index in [2.05, 4.69) is 77.4 Å². The number of nitrogens with zero attached hydrogens (tertiary/aromatic N) is 2. The highest BCUT2D eigenvalue weighted by atomic mass is 15.3. The van der Waals surface area contributed by atoms with Crippen LogP contribution in [-0.4, -0.2) is 19.8 Å². The van der Waals surface area contributed by atoms with Crippen molar-refractivity contribution in [2.75, 3.05) is 29.6 Å². The van der Waals surface area contributed by atoms with Crippen LogP contribution < -0.4 is 9.80 Å². The highest BCUT2D eigenvalue weighted by Gasteiger charge is 2.22. The molecule has 1 aliphatic rings. The Bertz CT molecular complexity index is 462. The first-order valence-corrected chi connectivity index (χ1v) is 6.93. The summed E-state index contributed by atoms with van der Waals surface area (Å²) in [5.74, 6) is 0.675. The average Bonchev–Trinajstić information content (AvgIpc) is 2.48. The first-order chi connectivity index (χ1) is 9.33. The molecule has 1 saturated heterocycles. The highest BCUT2D eigenvalue weighted by Crippen LogP contribution is 2.24. The summed E-state index contributed by atoms with van der Waals surface area (Å²) < 4.78 is 0. The van der Waals surface area contributed by atoms with Gasteiger partial charge in [-0.05, 0) is 30.2 Å². The van der Waals surface area contributed by atoms with Crippen LogP contribution in [-0.2, 0) is 0 Å². The van der Waals surface area contributed by atoms with Gasteiger partial charge in [-0.3, -0.25) is 0 Å². The Balaban J connectivity index is 1.82. The fourth-order valence-corrected chi connectivity index (χ4v) is 2.78. The summed E-state index contributed by atoms with van der Waals surface area (Å²) in [6, 6.07) is 21.4. The molecule has 0 radical (unpaired) electrons. The number of anilines is 2. The molecule has 0 saturated carbocycles. The van der Waals surface area contributed by atoms with Crippen LogP contribution in [0.15, 0.2) is 60.7 Å². The maximum atomic E-state index is 2.46. The predicted molar refractivity (Wildman–Crippen MR) is 81.6 cm³/mol. The van der Waals surface area contributed by atoms with Gasteiger partial charge >= 0.3 is 0 Å². The molecule has 0 unspecified atom stereocenters. The monoisotopic (exact) mass is 252 g/mol. The van der Waals surface area contributed by atoms with Crippen LogP contribution in [0.25, 0.3) is 0 Å². The van der Waals surface area contributed by atoms with E-state index in [1.54, 1.807) is 0 Å². The number of para-hydroxylation sites is 2. The van der Waals surface area contributed by atoms with Crippen molar-refractivity contribution in [3.05, 3.63) is 60.7 Å². The first kappa shape index (κ1) is 12.1. The summed E-state index contributed by atoms with van der Waals surface area (Å²) in [4.78, 5) is 4.92. The molecular formula is C17H20N2. The molecule has 98 valence electrons. The molecule has 0 bridgehead atoms. The van der Waals surface area contributed by atoms with E-state index in [1.165, 1.54) is 11.4 Å². The van der Waals surface area contributed by atoms with Crippen molar-refractivity contribution in [2.24, 2.45) is 5.92 Å². The molecule has 0 spiro atoms. The van der Waals surface area contributed by atoms with E-state index in [1.807, 2.05) is 0 Å². The molecule has 0 N–H and O–H groups in total. The number of rotatable bonds is 2. The van der Waals surface area contributed by atoms with Crippen molar-refractivity contribution in [3.8, 4) is 0 Å². The normalized spacial score (nSPS) is 16.7. The summed E-state index contributed by atoms with van der Waals surface area (Å²) in [6.07, 6.45) is 0. The maximum absolute atomic E-state index is 2.46. The largest absolute Gasteiger partial charge is 0.353 e. The second-order valence-corrected chi connectivity index (χ2v) is 5.36. The van der Waals surface area contributed by atoms with Gasteiger partial charge in [0, 0.05) is 24.5 Å². The molecule has 0 atom stereocenters. The van der Waals surface area contributed by atoms with Crippen LogP contribution in [0.3, 0.4) is 0 Å². The van der Waals surface area contributed by atoms with Gasteiger partial charge in [0.25, 0.3) is 0 Å². The quantitative estimate of drug-likeness (QED) is 0.805. The number of hydrogen-bond acceptors (Lipinski definition) is 2. The molecule has 19 heavy (non-hydrogen) atoms. The summed E-state index contributed by atoms with van der Waals surface area (Å²) in [5.41, 5.74) is 2.63. The predicted octanol–water partition coefficient (Wildman–Crippen LogP) is 3.61. The van der Waals surface area contributed by atoms with Crippen molar-refractivity contribution in [1.29, 1.82) is 0 Å². The van der Waals surface area contributed by atoms with E-state index in [4.69, 9.17) is 0 Å². The van der Waals surface area contributed by atoms with Crippen LogP contribution in [0.5, 0.6) is 0 Å². The van der Waals surface area contributed by atoms with Gasteiger partial charge in [-0.2, -0.15) is 0 Å². The minimum atomic E-state index is 0.675. The van der Waals surface area contributed by atoms with Crippen molar-refractivity contribution in [1.82, 2.24) is 0 Å². The van der Waals surface area contributed by atoms with Crippen LogP contribution in [0, 0.1) is 5.92 Å². The lowest BCUT2D eigenvalue weighted by atomic mass is 10.1. The van der Waals surface area contributed by atoms with E-state index in [0.717, 1.165) is 19.8 Å². The average molecular weight is 252 g/mol. The molecule has 0 aliphatic carbocycles. The van der Waals surface area contributed by atoms with E-state index in [9.17, 15) is 0 Å². The summed E-state index contributed by atoms with van der Waals surface area (Å²) in [7, 11) is 0. The number of hydrogen-bond donors (Lipinski definition) is 0.